The lowest BCUT2D eigenvalue weighted by molar-refractivity contribution is -0.134. The molecule has 0 spiro atoms. The van der Waals surface area contributed by atoms with Crippen molar-refractivity contribution in [3.63, 3.8) is 0 Å². The Kier molecular flexibility index (Phi) is 6.00. The Balaban J connectivity index is 1.80. The van der Waals surface area contributed by atoms with Crippen molar-refractivity contribution in [3.05, 3.63) is 34.3 Å². The molecule has 1 N–H and O–H groups in total. The van der Waals surface area contributed by atoms with Gasteiger partial charge in [0.05, 0.1) is 5.75 Å². The lowest BCUT2D eigenvalue weighted by atomic mass is 9.89. The van der Waals surface area contributed by atoms with Gasteiger partial charge < -0.3 is 10.0 Å². The summed E-state index contributed by atoms with van der Waals surface area (Å²) in [5.41, 5.74) is 1.32. The average molecular weight is 390 g/mol. The van der Waals surface area contributed by atoms with Crippen LogP contribution in [0.4, 0.5) is 0 Å². The quantitative estimate of drug-likeness (QED) is 0.806. The summed E-state index contributed by atoms with van der Waals surface area (Å²) in [6, 6.07) is 8.34. The van der Waals surface area contributed by atoms with Crippen LogP contribution in [0.2, 0.25) is 0 Å². The number of carbonyl (C=O) groups is 1. The molecule has 2 rings (SSSR count). The Bertz CT molecular complexity index is 607. The summed E-state index contributed by atoms with van der Waals surface area (Å²) in [7, 11) is -3.50. The minimum Gasteiger partial charge on any atom is -0.480 e. The summed E-state index contributed by atoms with van der Waals surface area (Å²) >= 11 is 3.43. The highest BCUT2D eigenvalue weighted by Crippen LogP contribution is 2.28. The lowest BCUT2D eigenvalue weighted by Crippen LogP contribution is -2.37. The third-order valence-corrected chi connectivity index (χ3v) is 6.01. The van der Waals surface area contributed by atoms with E-state index < -0.39 is 21.6 Å². The van der Waals surface area contributed by atoms with Crippen LogP contribution in [0.1, 0.15) is 24.3 Å². The first-order valence-corrected chi connectivity index (χ1v) is 9.87. The van der Waals surface area contributed by atoms with Crippen molar-refractivity contribution in [2.24, 2.45) is 0 Å². The molecule has 122 valence electrons. The van der Waals surface area contributed by atoms with E-state index in [0.29, 0.717) is 12.5 Å². The number of piperidine rings is 1. The molecule has 1 aromatic rings. The second-order valence-electron chi connectivity index (χ2n) is 5.65. The van der Waals surface area contributed by atoms with Gasteiger partial charge in [-0.25, -0.2) is 8.42 Å². The Labute approximate surface area is 139 Å². The fourth-order valence-corrected chi connectivity index (χ4v) is 4.07. The zero-order chi connectivity index (χ0) is 16.2. The van der Waals surface area contributed by atoms with E-state index in [2.05, 4.69) is 33.0 Å². The van der Waals surface area contributed by atoms with Gasteiger partial charge in [-0.3, -0.25) is 4.79 Å². The van der Waals surface area contributed by atoms with Crippen LogP contribution in [0.5, 0.6) is 0 Å². The highest BCUT2D eigenvalue weighted by atomic mass is 79.9. The number of hydrogen-bond donors (Lipinski definition) is 1. The molecule has 0 aliphatic carbocycles. The van der Waals surface area contributed by atoms with Crippen LogP contribution in [0.3, 0.4) is 0 Å². The second kappa shape index (κ2) is 7.57. The van der Waals surface area contributed by atoms with Gasteiger partial charge in [-0.1, -0.05) is 28.1 Å². The second-order valence-corrected chi connectivity index (χ2v) is 8.75. The number of aliphatic carboxylic acids is 1. The van der Waals surface area contributed by atoms with Crippen LogP contribution in [0.15, 0.2) is 28.7 Å². The molecule has 1 fully saturated rings. The Morgan fingerprint density at radius 3 is 2.36 bits per heavy atom. The Morgan fingerprint density at radius 1 is 1.23 bits per heavy atom. The van der Waals surface area contributed by atoms with Crippen LogP contribution >= 0.6 is 15.9 Å². The largest absolute Gasteiger partial charge is 0.480 e. The fraction of sp³-hybridized carbons (Fsp3) is 0.533. The summed E-state index contributed by atoms with van der Waals surface area (Å²) in [6.45, 7) is 2.12. The number of carboxylic acids is 1. The Morgan fingerprint density at radius 2 is 1.82 bits per heavy atom. The van der Waals surface area contributed by atoms with Gasteiger partial charge in [-0.15, -0.1) is 0 Å². The van der Waals surface area contributed by atoms with E-state index in [1.165, 1.54) is 5.56 Å². The first-order valence-electron chi connectivity index (χ1n) is 7.26. The number of likely N-dealkylation sites (tertiary alicyclic amines) is 1. The molecule has 0 aromatic heterocycles. The third-order valence-electron chi connectivity index (χ3n) is 3.99. The molecule has 1 aliphatic rings. The van der Waals surface area contributed by atoms with Crippen molar-refractivity contribution in [2.45, 2.75) is 18.8 Å². The minimum atomic E-state index is -3.50. The van der Waals surface area contributed by atoms with Crippen molar-refractivity contribution in [1.29, 1.82) is 0 Å². The molecule has 0 amide bonds. The van der Waals surface area contributed by atoms with Crippen molar-refractivity contribution >= 4 is 31.7 Å². The summed E-state index contributed by atoms with van der Waals surface area (Å²) in [4.78, 5) is 12.6. The summed E-state index contributed by atoms with van der Waals surface area (Å²) in [5, 5.41) is 8.57. The van der Waals surface area contributed by atoms with Crippen LogP contribution in [0, 0.1) is 0 Å². The van der Waals surface area contributed by atoms with Gasteiger partial charge in [0.15, 0.2) is 9.84 Å². The maximum atomic E-state index is 11.6. The number of halogens is 1. The van der Waals surface area contributed by atoms with E-state index in [-0.39, 0.29) is 5.75 Å². The number of rotatable bonds is 6. The van der Waals surface area contributed by atoms with E-state index in [0.717, 1.165) is 30.4 Å². The molecule has 1 heterocycles. The van der Waals surface area contributed by atoms with Crippen molar-refractivity contribution in [1.82, 2.24) is 4.90 Å². The summed E-state index contributed by atoms with van der Waals surface area (Å²) in [5.74, 6) is -1.63. The first-order chi connectivity index (χ1) is 10.4. The van der Waals surface area contributed by atoms with E-state index >= 15 is 0 Å². The molecule has 0 bridgehead atoms. The number of nitrogens with zero attached hydrogens (tertiary/aromatic N) is 1. The smallest absolute Gasteiger partial charge is 0.318 e. The lowest BCUT2D eigenvalue weighted by Gasteiger charge is -2.32. The van der Waals surface area contributed by atoms with Crippen LogP contribution < -0.4 is 0 Å². The molecule has 0 unspecified atom stereocenters. The van der Waals surface area contributed by atoms with Gasteiger partial charge in [0.1, 0.15) is 5.75 Å². The predicted molar refractivity (Wildman–Crippen MR) is 88.8 cm³/mol. The molecule has 7 heteroatoms. The molecule has 0 saturated carbocycles. The van der Waals surface area contributed by atoms with Crippen molar-refractivity contribution < 1.29 is 18.3 Å². The van der Waals surface area contributed by atoms with Crippen LogP contribution in [0.25, 0.3) is 0 Å². The van der Waals surface area contributed by atoms with Gasteiger partial charge in [0.25, 0.3) is 0 Å². The van der Waals surface area contributed by atoms with E-state index in [4.69, 9.17) is 5.11 Å². The number of sulfone groups is 1. The topological polar surface area (TPSA) is 74.7 Å². The molecule has 1 saturated heterocycles. The molecule has 0 radical (unpaired) electrons. The SMILES string of the molecule is O=C(O)CS(=O)(=O)CCN1CCC(c2ccc(Br)cc2)CC1. The molecular weight excluding hydrogens is 370 g/mol. The van der Waals surface area contributed by atoms with Gasteiger partial charge in [0.2, 0.25) is 0 Å². The Hall–Kier alpha value is -0.920. The predicted octanol–water partition coefficient (Wildman–Crippen LogP) is 2.13. The molecule has 1 aromatic carbocycles. The number of benzene rings is 1. The van der Waals surface area contributed by atoms with E-state index in [9.17, 15) is 13.2 Å². The number of hydrogen-bond acceptors (Lipinski definition) is 4. The fourth-order valence-electron chi connectivity index (χ4n) is 2.75. The highest BCUT2D eigenvalue weighted by Gasteiger charge is 2.23. The molecular formula is C15H20BrNO4S. The summed E-state index contributed by atoms with van der Waals surface area (Å²) in [6.07, 6.45) is 2.00. The van der Waals surface area contributed by atoms with Crippen LogP contribution in [-0.4, -0.2) is 55.5 Å². The average Bonchev–Trinajstić information content (AvgIpc) is 2.45. The number of carboxylic acid groups (broad SMARTS) is 1. The van der Waals surface area contributed by atoms with Gasteiger partial charge in [0, 0.05) is 11.0 Å². The normalized spacial score (nSPS) is 17.5. The third kappa shape index (κ3) is 5.37. The molecule has 1 aliphatic heterocycles. The molecule has 0 atom stereocenters. The standard InChI is InChI=1S/C15H20BrNO4S/c16-14-3-1-12(2-4-14)13-5-7-17(8-6-13)9-10-22(20,21)11-15(18)19/h1-4,13H,5-11H2,(H,18,19). The zero-order valence-corrected chi connectivity index (χ0v) is 14.6. The van der Waals surface area contributed by atoms with Gasteiger partial charge >= 0.3 is 5.97 Å². The van der Waals surface area contributed by atoms with Gasteiger partial charge in [-0.2, -0.15) is 0 Å². The first kappa shape index (κ1) is 17.4. The molecule has 5 nitrogen and oxygen atoms in total. The van der Waals surface area contributed by atoms with Crippen molar-refractivity contribution in [3.8, 4) is 0 Å². The zero-order valence-electron chi connectivity index (χ0n) is 12.2. The minimum absolute atomic E-state index is 0.0811. The molecule has 22 heavy (non-hydrogen) atoms. The van der Waals surface area contributed by atoms with E-state index in [1.807, 2.05) is 12.1 Å². The monoisotopic (exact) mass is 389 g/mol. The van der Waals surface area contributed by atoms with Crippen LogP contribution in [-0.2, 0) is 14.6 Å². The maximum absolute atomic E-state index is 11.6. The highest BCUT2D eigenvalue weighted by molar-refractivity contribution is 9.10. The summed E-state index contributed by atoms with van der Waals surface area (Å²) < 4.78 is 24.2. The maximum Gasteiger partial charge on any atom is 0.318 e. The van der Waals surface area contributed by atoms with E-state index in [1.54, 1.807) is 0 Å². The van der Waals surface area contributed by atoms with Gasteiger partial charge in [-0.05, 0) is 49.5 Å². The van der Waals surface area contributed by atoms with Crippen molar-refractivity contribution in [2.75, 3.05) is 31.1 Å².